The largest absolute Gasteiger partial charge is 0.493 e. The number of hydrogen-bond acceptors (Lipinski definition) is 2. The molecule has 2 rings (SSSR count). The first kappa shape index (κ1) is 14.9. The van der Waals surface area contributed by atoms with Gasteiger partial charge < -0.3 is 10.1 Å². The highest BCUT2D eigenvalue weighted by atomic mass is 79.9. The zero-order chi connectivity index (χ0) is 13.5. The minimum absolute atomic E-state index is 0.769. The molecule has 0 spiro atoms. The number of hydrogen-bond donors (Lipinski definition) is 1. The topological polar surface area (TPSA) is 21.3 Å². The molecule has 1 aliphatic carbocycles. The first-order valence-corrected chi connectivity index (χ1v) is 8.21. The Morgan fingerprint density at radius 2 is 2.11 bits per heavy atom. The van der Waals surface area contributed by atoms with Crippen molar-refractivity contribution in [3.05, 3.63) is 28.2 Å². The van der Waals surface area contributed by atoms with Crippen molar-refractivity contribution < 1.29 is 4.74 Å². The first-order chi connectivity index (χ1) is 9.29. The maximum absolute atomic E-state index is 5.94. The number of benzene rings is 1. The molecule has 0 bridgehead atoms. The van der Waals surface area contributed by atoms with Crippen LogP contribution in [0, 0.1) is 5.92 Å². The molecule has 1 N–H and O–H groups in total. The van der Waals surface area contributed by atoms with Crippen LogP contribution in [-0.2, 0) is 6.54 Å². The van der Waals surface area contributed by atoms with Crippen LogP contribution in [0.15, 0.2) is 22.7 Å². The summed E-state index contributed by atoms with van der Waals surface area (Å²) in [6, 6.07) is 6.30. The average Bonchev–Trinajstić information content (AvgIpc) is 2.93. The number of halogens is 1. The van der Waals surface area contributed by atoms with E-state index in [-0.39, 0.29) is 0 Å². The van der Waals surface area contributed by atoms with Crippen LogP contribution in [-0.4, -0.2) is 13.2 Å². The lowest BCUT2D eigenvalue weighted by atomic mass is 10.1. The van der Waals surface area contributed by atoms with Gasteiger partial charge in [-0.2, -0.15) is 0 Å². The number of rotatable bonds is 7. The number of ether oxygens (including phenoxy) is 1. The van der Waals surface area contributed by atoms with Gasteiger partial charge in [-0.1, -0.05) is 35.7 Å². The van der Waals surface area contributed by atoms with Gasteiger partial charge in [0.25, 0.3) is 0 Å². The van der Waals surface area contributed by atoms with Crippen LogP contribution in [0.4, 0.5) is 0 Å². The Kier molecular flexibility index (Phi) is 6.18. The van der Waals surface area contributed by atoms with Gasteiger partial charge in [0.1, 0.15) is 5.75 Å². The fourth-order valence-corrected chi connectivity index (χ4v) is 2.95. The molecule has 0 saturated heterocycles. The fourth-order valence-electron chi connectivity index (χ4n) is 2.57. The molecule has 0 unspecified atom stereocenters. The van der Waals surface area contributed by atoms with Crippen LogP contribution in [0.5, 0.6) is 5.75 Å². The molecule has 19 heavy (non-hydrogen) atoms. The Morgan fingerprint density at radius 3 is 2.84 bits per heavy atom. The van der Waals surface area contributed by atoms with Crippen LogP contribution in [0.2, 0.25) is 0 Å². The van der Waals surface area contributed by atoms with Gasteiger partial charge in [-0.05, 0) is 55.5 Å². The molecule has 0 amide bonds. The molecule has 1 saturated carbocycles. The van der Waals surface area contributed by atoms with Crippen molar-refractivity contribution >= 4 is 15.9 Å². The van der Waals surface area contributed by atoms with Crippen molar-refractivity contribution in [3.63, 3.8) is 0 Å². The Balaban J connectivity index is 1.87. The summed E-state index contributed by atoms with van der Waals surface area (Å²) in [5.74, 6) is 1.77. The van der Waals surface area contributed by atoms with E-state index in [1.54, 1.807) is 0 Å². The van der Waals surface area contributed by atoms with Crippen LogP contribution >= 0.6 is 15.9 Å². The molecule has 1 aromatic rings. The Bertz CT molecular complexity index is 388. The predicted molar refractivity (Wildman–Crippen MR) is 83.6 cm³/mol. The maximum Gasteiger partial charge on any atom is 0.119 e. The fraction of sp³-hybridized carbons (Fsp3) is 0.625. The lowest BCUT2D eigenvalue weighted by molar-refractivity contribution is 0.252. The van der Waals surface area contributed by atoms with Crippen LogP contribution in [0.1, 0.15) is 44.6 Å². The van der Waals surface area contributed by atoms with Crippen molar-refractivity contribution in [3.8, 4) is 5.75 Å². The summed E-state index contributed by atoms with van der Waals surface area (Å²) in [5.41, 5.74) is 1.28. The third-order valence-electron chi connectivity index (χ3n) is 3.72. The lowest BCUT2D eigenvalue weighted by Crippen LogP contribution is -2.14. The molecule has 0 aliphatic heterocycles. The Morgan fingerprint density at radius 1 is 1.32 bits per heavy atom. The summed E-state index contributed by atoms with van der Waals surface area (Å²) < 4.78 is 7.10. The van der Waals surface area contributed by atoms with Crippen LogP contribution in [0.25, 0.3) is 0 Å². The third-order valence-corrected chi connectivity index (χ3v) is 4.49. The van der Waals surface area contributed by atoms with E-state index in [1.165, 1.54) is 31.2 Å². The summed E-state index contributed by atoms with van der Waals surface area (Å²) in [6.07, 6.45) is 6.58. The first-order valence-electron chi connectivity index (χ1n) is 7.41. The van der Waals surface area contributed by atoms with E-state index < -0.39 is 0 Å². The van der Waals surface area contributed by atoms with Crippen molar-refractivity contribution in [2.75, 3.05) is 13.2 Å². The summed E-state index contributed by atoms with van der Waals surface area (Å²) >= 11 is 3.60. The molecule has 3 heteroatoms. The van der Waals surface area contributed by atoms with Gasteiger partial charge >= 0.3 is 0 Å². The molecule has 1 fully saturated rings. The summed E-state index contributed by atoms with van der Waals surface area (Å²) in [7, 11) is 0. The second-order valence-electron chi connectivity index (χ2n) is 5.39. The van der Waals surface area contributed by atoms with E-state index in [2.05, 4.69) is 46.4 Å². The third kappa shape index (κ3) is 4.81. The van der Waals surface area contributed by atoms with Crippen molar-refractivity contribution in [2.45, 2.75) is 45.6 Å². The molecule has 106 valence electrons. The molecule has 0 atom stereocenters. The molecule has 0 heterocycles. The van der Waals surface area contributed by atoms with Gasteiger partial charge in [0, 0.05) is 11.0 Å². The van der Waals surface area contributed by atoms with Gasteiger partial charge in [-0.15, -0.1) is 0 Å². The zero-order valence-corrected chi connectivity index (χ0v) is 13.3. The van der Waals surface area contributed by atoms with E-state index in [9.17, 15) is 0 Å². The van der Waals surface area contributed by atoms with Crippen molar-refractivity contribution in [1.29, 1.82) is 0 Å². The normalized spacial score (nSPS) is 15.9. The zero-order valence-electron chi connectivity index (χ0n) is 11.8. The second kappa shape index (κ2) is 7.91. The Labute approximate surface area is 125 Å². The predicted octanol–water partition coefficient (Wildman–Crippen LogP) is 4.52. The molecular weight excluding hydrogens is 302 g/mol. The minimum Gasteiger partial charge on any atom is -0.493 e. The maximum atomic E-state index is 5.94. The van der Waals surface area contributed by atoms with Crippen molar-refractivity contribution in [1.82, 2.24) is 5.32 Å². The lowest BCUT2D eigenvalue weighted by Gasteiger charge is -2.13. The quantitative estimate of drug-likeness (QED) is 0.744. The van der Waals surface area contributed by atoms with Crippen LogP contribution in [0.3, 0.4) is 0 Å². The highest BCUT2D eigenvalue weighted by molar-refractivity contribution is 9.10. The molecular formula is C16H24BrNO. The molecule has 0 aromatic heterocycles. The number of nitrogens with one attached hydrogen (secondary N) is 1. The summed E-state index contributed by atoms with van der Waals surface area (Å²) in [4.78, 5) is 0. The molecule has 1 aromatic carbocycles. The van der Waals surface area contributed by atoms with Gasteiger partial charge in [0.15, 0.2) is 0 Å². The SMILES string of the molecule is CCCNCc1cc(OCC2CCCC2)ccc1Br. The monoisotopic (exact) mass is 325 g/mol. The van der Waals surface area contributed by atoms with Gasteiger partial charge in [-0.25, -0.2) is 0 Å². The average molecular weight is 326 g/mol. The second-order valence-corrected chi connectivity index (χ2v) is 6.25. The molecule has 2 nitrogen and oxygen atoms in total. The molecule has 0 radical (unpaired) electrons. The minimum atomic E-state index is 0.769. The standard InChI is InChI=1S/C16H24BrNO/c1-2-9-18-11-14-10-15(7-8-16(14)17)19-12-13-5-3-4-6-13/h7-8,10,13,18H,2-6,9,11-12H2,1H3. The van der Waals surface area contributed by atoms with Crippen molar-refractivity contribution in [2.24, 2.45) is 5.92 Å². The summed E-state index contributed by atoms with van der Waals surface area (Å²) in [5, 5.41) is 3.43. The van der Waals surface area contributed by atoms with E-state index >= 15 is 0 Å². The van der Waals surface area contributed by atoms with Gasteiger partial charge in [-0.3, -0.25) is 0 Å². The summed E-state index contributed by atoms with van der Waals surface area (Å²) in [6.45, 7) is 5.02. The smallest absolute Gasteiger partial charge is 0.119 e. The van der Waals surface area contributed by atoms with E-state index in [0.29, 0.717) is 0 Å². The van der Waals surface area contributed by atoms with Gasteiger partial charge in [0.05, 0.1) is 6.61 Å². The van der Waals surface area contributed by atoms with Crippen LogP contribution < -0.4 is 10.1 Å². The van der Waals surface area contributed by atoms with E-state index in [4.69, 9.17) is 4.74 Å². The Hall–Kier alpha value is -0.540. The van der Waals surface area contributed by atoms with Gasteiger partial charge in [0.2, 0.25) is 0 Å². The van der Waals surface area contributed by atoms with E-state index in [1.807, 2.05) is 0 Å². The van der Waals surface area contributed by atoms with E-state index in [0.717, 1.165) is 42.3 Å². The molecule has 1 aliphatic rings. The highest BCUT2D eigenvalue weighted by Gasteiger charge is 2.15. The highest BCUT2D eigenvalue weighted by Crippen LogP contribution is 2.27.